The number of nitrogens with two attached hydrogens (primary N) is 3. The topological polar surface area (TPSA) is 256 Å². The van der Waals surface area contributed by atoms with Crippen molar-refractivity contribution in [3.8, 4) is 5.75 Å². The third-order valence-corrected chi connectivity index (χ3v) is 7.34. The normalized spacial score (nSPS) is 13.7. The number of aliphatic carboxylic acids is 1. The van der Waals surface area contributed by atoms with Crippen LogP contribution in [-0.2, 0) is 36.8 Å². The third kappa shape index (κ3) is 10.6. The van der Waals surface area contributed by atoms with E-state index in [0.29, 0.717) is 24.9 Å². The number of phenolic OH excluding ortho intramolecular Hbond substituents is 1. The van der Waals surface area contributed by atoms with Crippen molar-refractivity contribution in [1.82, 2.24) is 20.9 Å². The van der Waals surface area contributed by atoms with E-state index in [0.717, 1.165) is 16.5 Å². The number of benzene rings is 2. The smallest absolute Gasteiger partial charge is 0.326 e. The van der Waals surface area contributed by atoms with E-state index >= 15 is 0 Å². The van der Waals surface area contributed by atoms with E-state index in [-0.39, 0.29) is 37.9 Å². The number of primary amides is 1. The highest BCUT2D eigenvalue weighted by Gasteiger charge is 2.31. The summed E-state index contributed by atoms with van der Waals surface area (Å²) in [6, 6.07) is 8.57. The second kappa shape index (κ2) is 16.8. The number of hydrogen-bond acceptors (Lipinski definition) is 8. The molecular formula is C31H41N7O7. The lowest BCUT2D eigenvalue weighted by Gasteiger charge is -2.25. The number of carboxylic acids is 1. The molecule has 0 fully saturated rings. The molecular weight excluding hydrogens is 582 g/mol. The highest BCUT2D eigenvalue weighted by atomic mass is 16.4. The van der Waals surface area contributed by atoms with Gasteiger partial charge in [0.1, 0.15) is 23.9 Å². The van der Waals surface area contributed by atoms with Gasteiger partial charge in [-0.15, -0.1) is 0 Å². The zero-order valence-electron chi connectivity index (χ0n) is 24.8. The molecule has 0 aliphatic heterocycles. The number of phenols is 1. The molecule has 0 saturated heterocycles. The average molecular weight is 624 g/mol. The summed E-state index contributed by atoms with van der Waals surface area (Å²) in [5.74, 6) is -3.97. The van der Waals surface area contributed by atoms with Gasteiger partial charge in [0.2, 0.25) is 23.6 Å². The maximum atomic E-state index is 13.7. The Morgan fingerprint density at radius 3 is 2.11 bits per heavy atom. The summed E-state index contributed by atoms with van der Waals surface area (Å²) in [7, 11) is 0. The number of unbranched alkanes of at least 4 members (excludes halogenated alkanes) is 1. The second-order valence-corrected chi connectivity index (χ2v) is 10.9. The Hall–Kier alpha value is -4.95. The molecule has 3 rings (SSSR count). The molecule has 3 aromatic rings. The first-order valence-electron chi connectivity index (χ1n) is 14.7. The predicted molar refractivity (Wildman–Crippen MR) is 167 cm³/mol. The molecule has 0 aliphatic carbocycles. The van der Waals surface area contributed by atoms with E-state index in [9.17, 15) is 34.2 Å². The van der Waals surface area contributed by atoms with Crippen LogP contribution < -0.4 is 33.2 Å². The lowest BCUT2D eigenvalue weighted by Crippen LogP contribution is -2.57. The fraction of sp³-hybridized carbons (Fsp3) is 0.387. The molecule has 0 spiro atoms. The summed E-state index contributed by atoms with van der Waals surface area (Å²) in [5.41, 5.74) is 18.9. The third-order valence-electron chi connectivity index (χ3n) is 7.34. The van der Waals surface area contributed by atoms with Gasteiger partial charge in [-0.3, -0.25) is 19.2 Å². The van der Waals surface area contributed by atoms with Crippen molar-refractivity contribution in [1.29, 1.82) is 0 Å². The molecule has 0 saturated carbocycles. The minimum absolute atomic E-state index is 0.0143. The SMILES string of the molecule is NCCCCC(NC(=O)C(Cc1c[nH]c2ccccc12)NC(=O)C(N)CCC(N)=O)C(=O)NC(Cc1ccc(O)cc1)C(=O)O. The Morgan fingerprint density at radius 2 is 1.44 bits per heavy atom. The fourth-order valence-electron chi connectivity index (χ4n) is 4.81. The van der Waals surface area contributed by atoms with Crippen LogP contribution in [0.5, 0.6) is 5.75 Å². The van der Waals surface area contributed by atoms with Crippen molar-refractivity contribution < 1.29 is 34.2 Å². The molecule has 4 amide bonds. The van der Waals surface area contributed by atoms with E-state index in [2.05, 4.69) is 20.9 Å². The van der Waals surface area contributed by atoms with Crippen LogP contribution in [0.4, 0.5) is 0 Å². The van der Waals surface area contributed by atoms with E-state index in [1.165, 1.54) is 12.1 Å². The maximum absolute atomic E-state index is 13.7. The minimum atomic E-state index is -1.32. The molecule has 0 aliphatic rings. The van der Waals surface area contributed by atoms with Crippen molar-refractivity contribution in [3.63, 3.8) is 0 Å². The van der Waals surface area contributed by atoms with Crippen molar-refractivity contribution in [2.45, 2.75) is 69.1 Å². The van der Waals surface area contributed by atoms with Gasteiger partial charge in [-0.05, 0) is 61.6 Å². The predicted octanol–water partition coefficient (Wildman–Crippen LogP) is -0.0805. The van der Waals surface area contributed by atoms with Gasteiger partial charge >= 0.3 is 5.97 Å². The summed E-state index contributed by atoms with van der Waals surface area (Å²) < 4.78 is 0. The first-order valence-corrected chi connectivity index (χ1v) is 14.7. The number of nitrogens with one attached hydrogen (secondary N) is 4. The van der Waals surface area contributed by atoms with Crippen LogP contribution in [0, 0.1) is 0 Å². The number of carbonyl (C=O) groups is 5. The van der Waals surface area contributed by atoms with Gasteiger partial charge in [0.25, 0.3) is 0 Å². The molecule has 1 aromatic heterocycles. The first kappa shape index (κ1) is 34.5. The molecule has 1 heterocycles. The van der Waals surface area contributed by atoms with Gasteiger partial charge in [-0.2, -0.15) is 0 Å². The molecule has 0 bridgehead atoms. The van der Waals surface area contributed by atoms with Gasteiger partial charge in [0, 0.05) is 36.4 Å². The summed E-state index contributed by atoms with van der Waals surface area (Å²) in [4.78, 5) is 66.4. The van der Waals surface area contributed by atoms with E-state index < -0.39 is 53.8 Å². The Kier molecular flexibility index (Phi) is 12.9. The molecule has 45 heavy (non-hydrogen) atoms. The molecule has 12 N–H and O–H groups in total. The fourth-order valence-corrected chi connectivity index (χ4v) is 4.81. The van der Waals surface area contributed by atoms with Crippen LogP contribution in [0.15, 0.2) is 54.7 Å². The van der Waals surface area contributed by atoms with Gasteiger partial charge in [-0.1, -0.05) is 30.3 Å². The lowest BCUT2D eigenvalue weighted by atomic mass is 10.0. The number of H-pyrrole nitrogens is 1. The molecule has 14 nitrogen and oxygen atoms in total. The quantitative estimate of drug-likeness (QED) is 0.0857. The molecule has 4 unspecified atom stereocenters. The highest BCUT2D eigenvalue weighted by Crippen LogP contribution is 2.20. The van der Waals surface area contributed by atoms with Crippen LogP contribution in [0.1, 0.15) is 43.2 Å². The lowest BCUT2D eigenvalue weighted by molar-refractivity contribution is -0.142. The van der Waals surface area contributed by atoms with E-state index in [4.69, 9.17) is 17.2 Å². The summed E-state index contributed by atoms with van der Waals surface area (Å²) in [5, 5.41) is 28.0. The van der Waals surface area contributed by atoms with Gasteiger partial charge in [-0.25, -0.2) is 4.79 Å². The van der Waals surface area contributed by atoms with E-state index in [1.54, 1.807) is 18.3 Å². The number of amides is 4. The Bertz CT molecular complexity index is 1470. The number of fused-ring (bicyclic) bond motifs is 1. The highest BCUT2D eigenvalue weighted by molar-refractivity contribution is 5.95. The van der Waals surface area contributed by atoms with Gasteiger partial charge in [0.05, 0.1) is 6.04 Å². The molecule has 2 aromatic carbocycles. The maximum Gasteiger partial charge on any atom is 0.326 e. The zero-order valence-corrected chi connectivity index (χ0v) is 24.8. The zero-order chi connectivity index (χ0) is 32.9. The monoisotopic (exact) mass is 623 g/mol. The van der Waals surface area contributed by atoms with E-state index in [1.807, 2.05) is 24.3 Å². The van der Waals surface area contributed by atoms with Crippen molar-refractivity contribution >= 4 is 40.5 Å². The Labute approximate surface area is 260 Å². The van der Waals surface area contributed by atoms with Gasteiger partial charge in [0.15, 0.2) is 0 Å². The Balaban J connectivity index is 1.82. The van der Waals surface area contributed by atoms with Crippen LogP contribution in [0.25, 0.3) is 10.9 Å². The van der Waals surface area contributed by atoms with Crippen LogP contribution in [0.2, 0.25) is 0 Å². The molecule has 242 valence electrons. The standard InChI is InChI=1S/C31H41N7O7/c32-14-4-3-7-24(29(42)38-26(31(44)45)15-18-8-10-20(39)11-9-18)36-30(43)25(37-28(41)22(33)12-13-27(34)40)16-19-17-35-23-6-2-1-5-21(19)23/h1-2,5-6,8-11,17,22,24-26,35,39H,3-4,7,12-16,32-33H2,(H2,34,40)(H,36,43)(H,37,41)(H,38,42)(H,44,45). The number of para-hydroxylation sites is 1. The van der Waals surface area contributed by atoms with Crippen molar-refractivity contribution in [3.05, 3.63) is 65.9 Å². The van der Waals surface area contributed by atoms with Crippen molar-refractivity contribution in [2.75, 3.05) is 6.54 Å². The first-order chi connectivity index (χ1) is 21.5. The number of hydrogen-bond donors (Lipinski definition) is 9. The molecule has 0 radical (unpaired) electrons. The van der Waals surface area contributed by atoms with Crippen LogP contribution in [0.3, 0.4) is 0 Å². The van der Waals surface area contributed by atoms with Crippen LogP contribution in [-0.4, -0.2) is 75.5 Å². The number of aromatic hydroxyl groups is 1. The summed E-state index contributed by atoms with van der Waals surface area (Å²) in [6.45, 7) is 0.351. The number of aromatic amines is 1. The molecule has 4 atom stereocenters. The Morgan fingerprint density at radius 1 is 0.800 bits per heavy atom. The number of rotatable bonds is 18. The van der Waals surface area contributed by atoms with Gasteiger partial charge < -0.3 is 48.3 Å². The number of carboxylic acid groups (broad SMARTS) is 1. The second-order valence-electron chi connectivity index (χ2n) is 10.9. The molecule has 14 heteroatoms. The summed E-state index contributed by atoms with van der Waals surface area (Å²) >= 11 is 0. The number of carbonyl (C=O) groups excluding carboxylic acids is 4. The largest absolute Gasteiger partial charge is 0.508 e. The number of aromatic nitrogens is 1. The van der Waals surface area contributed by atoms with Crippen LogP contribution >= 0.6 is 0 Å². The minimum Gasteiger partial charge on any atom is -0.508 e. The summed E-state index contributed by atoms with van der Waals surface area (Å²) in [6.07, 6.45) is 2.73. The average Bonchev–Trinajstić information content (AvgIpc) is 3.42. The van der Waals surface area contributed by atoms with Crippen molar-refractivity contribution in [2.24, 2.45) is 17.2 Å².